The van der Waals surface area contributed by atoms with Crippen LogP contribution in [0.15, 0.2) is 41.0 Å². The molecule has 0 aliphatic carbocycles. The van der Waals surface area contributed by atoms with E-state index >= 15 is 0 Å². The Morgan fingerprint density at radius 2 is 2.26 bits per heavy atom. The molecular weight excluding hydrogens is 244 g/mol. The number of benzene rings is 1. The maximum absolute atomic E-state index is 12.1. The molecule has 1 aromatic carbocycles. The molecule has 3 rings (SSSR count). The van der Waals surface area contributed by atoms with Crippen molar-refractivity contribution in [3.63, 3.8) is 0 Å². The van der Waals surface area contributed by atoms with Crippen LogP contribution >= 0.6 is 0 Å². The summed E-state index contributed by atoms with van der Waals surface area (Å²) in [6.07, 6.45) is 1.57. The molecule has 0 aliphatic rings. The number of nitrogens with zero attached hydrogens (tertiary/aromatic N) is 1. The second kappa shape index (κ2) is 4.49. The van der Waals surface area contributed by atoms with E-state index in [-0.39, 0.29) is 5.91 Å². The van der Waals surface area contributed by atoms with Gasteiger partial charge in [-0.05, 0) is 24.3 Å². The number of fused-ring (bicyclic) bond motifs is 1. The van der Waals surface area contributed by atoms with E-state index in [1.807, 2.05) is 6.07 Å². The highest BCUT2D eigenvalue weighted by molar-refractivity contribution is 6.05. The van der Waals surface area contributed by atoms with Crippen molar-refractivity contribution in [3.8, 4) is 0 Å². The first kappa shape index (κ1) is 11.3. The molecule has 96 valence electrons. The number of hydrogen-bond donors (Lipinski definition) is 3. The second-order valence-corrected chi connectivity index (χ2v) is 4.09. The van der Waals surface area contributed by atoms with E-state index in [0.29, 0.717) is 29.3 Å². The van der Waals surface area contributed by atoms with Crippen LogP contribution < -0.4 is 11.1 Å². The van der Waals surface area contributed by atoms with Crippen LogP contribution in [0.1, 0.15) is 16.1 Å². The van der Waals surface area contributed by atoms with Gasteiger partial charge in [-0.15, -0.1) is 0 Å². The number of imidazole rings is 1. The van der Waals surface area contributed by atoms with Gasteiger partial charge in [0, 0.05) is 0 Å². The highest BCUT2D eigenvalue weighted by Gasteiger charge is 2.12. The van der Waals surface area contributed by atoms with Crippen molar-refractivity contribution in [1.82, 2.24) is 15.3 Å². The van der Waals surface area contributed by atoms with Gasteiger partial charge < -0.3 is 20.5 Å². The van der Waals surface area contributed by atoms with Crippen molar-refractivity contribution in [2.75, 3.05) is 5.73 Å². The molecule has 4 N–H and O–H groups in total. The van der Waals surface area contributed by atoms with Gasteiger partial charge in [-0.1, -0.05) is 6.07 Å². The van der Waals surface area contributed by atoms with E-state index in [0.717, 1.165) is 5.52 Å². The molecule has 3 aromatic rings. The Labute approximate surface area is 108 Å². The van der Waals surface area contributed by atoms with Crippen molar-refractivity contribution >= 4 is 22.9 Å². The minimum absolute atomic E-state index is 0.214. The van der Waals surface area contributed by atoms with Crippen molar-refractivity contribution in [2.45, 2.75) is 6.54 Å². The fourth-order valence-electron chi connectivity index (χ4n) is 1.91. The summed E-state index contributed by atoms with van der Waals surface area (Å²) in [5.41, 5.74) is 7.39. The summed E-state index contributed by atoms with van der Waals surface area (Å²) < 4.78 is 5.15. The van der Waals surface area contributed by atoms with Crippen molar-refractivity contribution < 1.29 is 9.21 Å². The number of anilines is 1. The zero-order chi connectivity index (χ0) is 13.2. The number of rotatable bonds is 3. The smallest absolute Gasteiger partial charge is 0.253 e. The average molecular weight is 256 g/mol. The van der Waals surface area contributed by atoms with Crippen LogP contribution in [0, 0.1) is 0 Å². The number of hydrogen-bond acceptors (Lipinski definition) is 4. The zero-order valence-electron chi connectivity index (χ0n) is 10.0. The van der Waals surface area contributed by atoms with Gasteiger partial charge in [0.25, 0.3) is 5.91 Å². The SMILES string of the molecule is Nc1nc2c(C(=O)NCc3ccco3)cccc2[nH]1. The first-order valence-electron chi connectivity index (χ1n) is 5.79. The van der Waals surface area contributed by atoms with Gasteiger partial charge in [0.15, 0.2) is 5.95 Å². The molecule has 0 saturated heterocycles. The second-order valence-electron chi connectivity index (χ2n) is 4.09. The minimum atomic E-state index is -0.214. The van der Waals surface area contributed by atoms with Gasteiger partial charge >= 0.3 is 0 Å². The molecule has 0 unspecified atom stereocenters. The summed E-state index contributed by atoms with van der Waals surface area (Å²) >= 11 is 0. The number of nitrogens with one attached hydrogen (secondary N) is 2. The standard InChI is InChI=1S/C13H12N4O2/c14-13-16-10-5-1-4-9(11(10)17-13)12(18)15-7-8-3-2-6-19-8/h1-6H,7H2,(H,15,18)(H3,14,16,17). The lowest BCUT2D eigenvalue weighted by atomic mass is 10.1. The molecule has 0 atom stereocenters. The van der Waals surface area contributed by atoms with Crippen LogP contribution in [0.4, 0.5) is 5.95 Å². The maximum Gasteiger partial charge on any atom is 0.253 e. The molecule has 6 nitrogen and oxygen atoms in total. The first-order chi connectivity index (χ1) is 9.24. The number of carbonyl (C=O) groups is 1. The summed E-state index contributed by atoms with van der Waals surface area (Å²) in [7, 11) is 0. The Hall–Kier alpha value is -2.76. The van der Waals surface area contributed by atoms with E-state index in [4.69, 9.17) is 10.2 Å². The normalized spacial score (nSPS) is 10.7. The third kappa shape index (κ3) is 2.15. The molecule has 1 amide bonds. The predicted molar refractivity (Wildman–Crippen MR) is 70.4 cm³/mol. The molecule has 0 spiro atoms. The van der Waals surface area contributed by atoms with Gasteiger partial charge in [0.1, 0.15) is 11.3 Å². The van der Waals surface area contributed by atoms with E-state index < -0.39 is 0 Å². The Morgan fingerprint density at radius 1 is 1.37 bits per heavy atom. The number of H-pyrrole nitrogens is 1. The van der Waals surface area contributed by atoms with Gasteiger partial charge in [0.2, 0.25) is 0 Å². The third-order valence-corrected chi connectivity index (χ3v) is 2.78. The molecule has 19 heavy (non-hydrogen) atoms. The maximum atomic E-state index is 12.1. The van der Waals surface area contributed by atoms with Crippen molar-refractivity contribution in [3.05, 3.63) is 47.9 Å². The quantitative estimate of drug-likeness (QED) is 0.664. The summed E-state index contributed by atoms with van der Waals surface area (Å²) in [5.74, 6) is 0.775. The third-order valence-electron chi connectivity index (χ3n) is 2.78. The number of para-hydroxylation sites is 1. The Morgan fingerprint density at radius 3 is 3.05 bits per heavy atom. The van der Waals surface area contributed by atoms with E-state index in [1.54, 1.807) is 30.5 Å². The van der Waals surface area contributed by atoms with E-state index in [2.05, 4.69) is 15.3 Å². The van der Waals surface area contributed by atoms with E-state index in [9.17, 15) is 4.79 Å². The topological polar surface area (TPSA) is 96.9 Å². The van der Waals surface area contributed by atoms with Crippen molar-refractivity contribution in [1.29, 1.82) is 0 Å². The summed E-state index contributed by atoms with van der Waals surface area (Å²) in [5, 5.41) is 2.78. The van der Waals surface area contributed by atoms with Crippen LogP contribution in [0.5, 0.6) is 0 Å². The molecule has 0 fully saturated rings. The minimum Gasteiger partial charge on any atom is -0.467 e. The molecule has 0 saturated carbocycles. The number of aromatic amines is 1. The lowest BCUT2D eigenvalue weighted by Crippen LogP contribution is -2.22. The Balaban J connectivity index is 1.85. The van der Waals surface area contributed by atoms with Crippen LogP contribution in [0.25, 0.3) is 11.0 Å². The van der Waals surface area contributed by atoms with Gasteiger partial charge in [-0.2, -0.15) is 0 Å². The number of carbonyl (C=O) groups excluding carboxylic acids is 1. The monoisotopic (exact) mass is 256 g/mol. The molecule has 0 bridgehead atoms. The number of furan rings is 1. The summed E-state index contributed by atoms with van der Waals surface area (Å²) in [6.45, 7) is 0.335. The molecule has 2 aromatic heterocycles. The lowest BCUT2D eigenvalue weighted by molar-refractivity contribution is 0.0949. The summed E-state index contributed by atoms with van der Waals surface area (Å²) in [6, 6.07) is 8.88. The Bertz CT molecular complexity index is 715. The van der Waals surface area contributed by atoms with Crippen LogP contribution in [-0.2, 0) is 6.54 Å². The Kier molecular flexibility index (Phi) is 2.68. The summed E-state index contributed by atoms with van der Waals surface area (Å²) in [4.78, 5) is 19.1. The van der Waals surface area contributed by atoms with Crippen LogP contribution in [0.2, 0.25) is 0 Å². The largest absolute Gasteiger partial charge is 0.467 e. The first-order valence-corrected chi connectivity index (χ1v) is 5.79. The van der Waals surface area contributed by atoms with E-state index in [1.165, 1.54) is 0 Å². The average Bonchev–Trinajstić information content (AvgIpc) is 3.02. The fourth-order valence-corrected chi connectivity index (χ4v) is 1.91. The molecule has 0 aliphatic heterocycles. The fraction of sp³-hybridized carbons (Fsp3) is 0.0769. The highest BCUT2D eigenvalue weighted by Crippen LogP contribution is 2.17. The molecular formula is C13H12N4O2. The number of nitrogen functional groups attached to an aromatic ring is 1. The van der Waals surface area contributed by atoms with Crippen LogP contribution in [-0.4, -0.2) is 15.9 Å². The highest BCUT2D eigenvalue weighted by atomic mass is 16.3. The van der Waals surface area contributed by atoms with Crippen molar-refractivity contribution in [2.24, 2.45) is 0 Å². The van der Waals surface area contributed by atoms with Gasteiger partial charge in [0.05, 0.1) is 23.9 Å². The lowest BCUT2D eigenvalue weighted by Gasteiger charge is -2.03. The number of amides is 1. The van der Waals surface area contributed by atoms with Gasteiger partial charge in [-0.3, -0.25) is 4.79 Å². The molecule has 2 heterocycles. The number of nitrogens with two attached hydrogens (primary N) is 1. The predicted octanol–water partition coefficient (Wildman–Crippen LogP) is 1.67. The molecule has 6 heteroatoms. The van der Waals surface area contributed by atoms with Crippen LogP contribution in [0.3, 0.4) is 0 Å². The van der Waals surface area contributed by atoms with Gasteiger partial charge in [-0.25, -0.2) is 4.98 Å². The number of aromatic nitrogens is 2. The molecule has 0 radical (unpaired) electrons. The zero-order valence-corrected chi connectivity index (χ0v) is 10.0.